The average molecular weight is 333 g/mol. The smallest absolute Gasteiger partial charge is 0.272 e. The average Bonchev–Trinajstić information content (AvgIpc) is 3.07. The third kappa shape index (κ3) is 3.37. The molecule has 7 heteroatoms. The van der Waals surface area contributed by atoms with Crippen LogP contribution >= 0.6 is 11.6 Å². The number of anilines is 1. The number of amides is 1. The minimum Gasteiger partial charge on any atom is -0.379 e. The summed E-state index contributed by atoms with van der Waals surface area (Å²) in [4.78, 5) is 17.7. The maximum atomic E-state index is 12.5. The van der Waals surface area contributed by atoms with E-state index in [4.69, 9.17) is 16.4 Å². The number of nitrogens with zero attached hydrogens (tertiary/aromatic N) is 3. The number of benzene rings is 1. The van der Waals surface area contributed by atoms with Crippen molar-refractivity contribution in [1.82, 2.24) is 9.78 Å². The molecule has 0 aliphatic carbocycles. The normalized spacial score (nSPS) is 20.0. The Kier molecular flexibility index (Phi) is 4.09. The highest BCUT2D eigenvalue weighted by atomic mass is 35.5. The molecule has 1 aromatic heterocycles. The Labute approximate surface area is 139 Å². The van der Waals surface area contributed by atoms with E-state index in [1.807, 2.05) is 31.2 Å². The van der Waals surface area contributed by atoms with Gasteiger partial charge in [-0.1, -0.05) is 28.9 Å². The van der Waals surface area contributed by atoms with Crippen LogP contribution in [0.3, 0.4) is 0 Å². The summed E-state index contributed by atoms with van der Waals surface area (Å²) >= 11 is 6.00. The number of nitrogens with one attached hydrogen (secondary N) is 1. The number of hydrogen-bond acceptors (Lipinski definition) is 4. The lowest BCUT2D eigenvalue weighted by Gasteiger charge is -2.20. The number of rotatable bonds is 4. The Morgan fingerprint density at radius 1 is 1.48 bits per heavy atom. The van der Waals surface area contributed by atoms with Gasteiger partial charge < -0.3 is 10.2 Å². The highest BCUT2D eigenvalue weighted by Gasteiger charge is 2.41. The van der Waals surface area contributed by atoms with Crippen LogP contribution in [-0.2, 0) is 16.2 Å². The Balaban J connectivity index is 1.73. The summed E-state index contributed by atoms with van der Waals surface area (Å²) < 4.78 is 1.70. The summed E-state index contributed by atoms with van der Waals surface area (Å²) in [5.41, 5.74) is 0.823. The molecule has 3 rings (SSSR count). The Morgan fingerprint density at radius 3 is 3.00 bits per heavy atom. The van der Waals surface area contributed by atoms with Gasteiger partial charge in [-0.2, -0.15) is 5.10 Å². The van der Waals surface area contributed by atoms with Gasteiger partial charge in [0, 0.05) is 17.5 Å². The molecule has 0 saturated heterocycles. The molecule has 1 amide bonds. The van der Waals surface area contributed by atoms with Crippen molar-refractivity contribution in [3.63, 3.8) is 0 Å². The lowest BCUT2D eigenvalue weighted by molar-refractivity contribution is -0.136. The van der Waals surface area contributed by atoms with Crippen LogP contribution in [0.1, 0.15) is 25.8 Å². The Bertz CT molecular complexity index is 771. The van der Waals surface area contributed by atoms with Crippen LogP contribution < -0.4 is 5.32 Å². The molecule has 6 nitrogen and oxygen atoms in total. The summed E-state index contributed by atoms with van der Waals surface area (Å²) in [6.07, 6.45) is 2.11. The first kappa shape index (κ1) is 15.6. The van der Waals surface area contributed by atoms with Crippen molar-refractivity contribution < 1.29 is 9.63 Å². The molecule has 1 aromatic carbocycles. The molecule has 0 saturated carbocycles. The lowest BCUT2D eigenvalue weighted by atomic mass is 9.99. The number of carbonyl (C=O) groups excluding carboxylic acids is 1. The fourth-order valence-corrected chi connectivity index (χ4v) is 2.69. The van der Waals surface area contributed by atoms with Gasteiger partial charge in [-0.25, -0.2) is 4.68 Å². The quantitative estimate of drug-likeness (QED) is 0.935. The summed E-state index contributed by atoms with van der Waals surface area (Å²) in [5, 5.41) is 11.6. The van der Waals surface area contributed by atoms with E-state index in [0.717, 1.165) is 11.3 Å². The zero-order chi connectivity index (χ0) is 16.4. The number of aromatic nitrogens is 2. The number of carbonyl (C=O) groups is 1. The number of hydrogen-bond donors (Lipinski definition) is 1. The summed E-state index contributed by atoms with van der Waals surface area (Å²) in [6.45, 7) is 4.07. The minimum absolute atomic E-state index is 0.244. The van der Waals surface area contributed by atoms with Crippen LogP contribution in [-0.4, -0.2) is 27.0 Å². The first-order valence-corrected chi connectivity index (χ1v) is 7.63. The minimum atomic E-state index is -0.977. The van der Waals surface area contributed by atoms with E-state index in [-0.39, 0.29) is 5.91 Å². The summed E-state index contributed by atoms with van der Waals surface area (Å²) in [6, 6.07) is 9.27. The summed E-state index contributed by atoms with van der Waals surface area (Å²) in [5.74, 6) is 0.357. The molecule has 2 aromatic rings. The van der Waals surface area contributed by atoms with Gasteiger partial charge in [0.2, 0.25) is 5.60 Å². The maximum absolute atomic E-state index is 12.5. The first-order valence-electron chi connectivity index (χ1n) is 7.26. The fourth-order valence-electron chi connectivity index (χ4n) is 2.47. The molecule has 0 bridgehead atoms. The highest BCUT2D eigenvalue weighted by molar-refractivity contribution is 6.30. The molecule has 0 radical (unpaired) electrons. The second kappa shape index (κ2) is 6.04. The van der Waals surface area contributed by atoms with E-state index >= 15 is 0 Å². The molecule has 0 spiro atoms. The standard InChI is InChI=1S/C16H17ClN4O2/c1-11-9-16(2,23-20-11)15(22)19-14-6-7-18-21(14)10-12-4-3-5-13(17)8-12/h3-8H,9-10H2,1-2H3,(H,19,22)/t16-/m1/s1. The third-order valence-electron chi connectivity index (χ3n) is 3.66. The van der Waals surface area contributed by atoms with Gasteiger partial charge in [-0.05, 0) is 31.5 Å². The zero-order valence-corrected chi connectivity index (χ0v) is 13.7. The highest BCUT2D eigenvalue weighted by Crippen LogP contribution is 2.25. The van der Waals surface area contributed by atoms with Gasteiger partial charge in [-0.15, -0.1) is 0 Å². The molecule has 1 aliphatic heterocycles. The molecular weight excluding hydrogens is 316 g/mol. The molecule has 1 atom stereocenters. The lowest BCUT2D eigenvalue weighted by Crippen LogP contribution is -2.40. The van der Waals surface area contributed by atoms with E-state index in [2.05, 4.69) is 15.6 Å². The topological polar surface area (TPSA) is 68.5 Å². The van der Waals surface area contributed by atoms with Gasteiger partial charge >= 0.3 is 0 Å². The summed E-state index contributed by atoms with van der Waals surface area (Å²) in [7, 11) is 0. The van der Waals surface area contributed by atoms with E-state index in [1.54, 1.807) is 23.9 Å². The Hall–Kier alpha value is -2.34. The van der Waals surface area contributed by atoms with Crippen molar-refractivity contribution in [3.8, 4) is 0 Å². The molecule has 1 N–H and O–H groups in total. The maximum Gasteiger partial charge on any atom is 0.272 e. The van der Waals surface area contributed by atoms with Crippen LogP contribution in [0.4, 0.5) is 5.82 Å². The van der Waals surface area contributed by atoms with Crippen molar-refractivity contribution in [3.05, 3.63) is 47.1 Å². The van der Waals surface area contributed by atoms with Gasteiger partial charge in [0.05, 0.1) is 18.5 Å². The SMILES string of the molecule is CC1=NO[C@@](C)(C(=O)Nc2ccnn2Cc2cccc(Cl)c2)C1. The zero-order valence-electron chi connectivity index (χ0n) is 12.9. The molecule has 2 heterocycles. The number of oxime groups is 1. The van der Waals surface area contributed by atoms with Crippen LogP contribution in [0, 0.1) is 0 Å². The largest absolute Gasteiger partial charge is 0.379 e. The van der Waals surface area contributed by atoms with Crippen LogP contribution in [0.25, 0.3) is 0 Å². The second-order valence-corrected chi connectivity index (χ2v) is 6.22. The molecule has 120 valence electrons. The van der Waals surface area contributed by atoms with Crippen molar-refractivity contribution in [1.29, 1.82) is 0 Å². The number of halogens is 1. The third-order valence-corrected chi connectivity index (χ3v) is 3.89. The fraction of sp³-hybridized carbons (Fsp3) is 0.312. The van der Waals surface area contributed by atoms with Crippen LogP contribution in [0.2, 0.25) is 5.02 Å². The van der Waals surface area contributed by atoms with E-state index in [1.165, 1.54) is 0 Å². The second-order valence-electron chi connectivity index (χ2n) is 5.78. The van der Waals surface area contributed by atoms with Crippen LogP contribution in [0.15, 0.2) is 41.7 Å². The molecule has 1 aliphatic rings. The van der Waals surface area contributed by atoms with Gasteiger partial charge in [0.25, 0.3) is 5.91 Å². The Morgan fingerprint density at radius 2 is 2.30 bits per heavy atom. The van der Waals surface area contributed by atoms with Gasteiger partial charge in [-0.3, -0.25) is 4.79 Å². The van der Waals surface area contributed by atoms with Crippen molar-refractivity contribution >= 4 is 29.0 Å². The molecule has 0 fully saturated rings. The first-order chi connectivity index (χ1) is 11.0. The predicted octanol–water partition coefficient (Wildman–Crippen LogP) is 3.08. The van der Waals surface area contributed by atoms with E-state index in [0.29, 0.717) is 23.8 Å². The van der Waals surface area contributed by atoms with E-state index in [9.17, 15) is 4.79 Å². The van der Waals surface area contributed by atoms with Crippen molar-refractivity contribution in [2.24, 2.45) is 5.16 Å². The predicted molar refractivity (Wildman–Crippen MR) is 88.6 cm³/mol. The molecule has 23 heavy (non-hydrogen) atoms. The van der Waals surface area contributed by atoms with Gasteiger partial charge in [0.15, 0.2) is 0 Å². The molecular formula is C16H17ClN4O2. The van der Waals surface area contributed by atoms with Crippen molar-refractivity contribution in [2.75, 3.05) is 5.32 Å². The monoisotopic (exact) mass is 332 g/mol. The van der Waals surface area contributed by atoms with E-state index < -0.39 is 5.60 Å². The van der Waals surface area contributed by atoms with Gasteiger partial charge in [0.1, 0.15) is 5.82 Å². The van der Waals surface area contributed by atoms with Crippen molar-refractivity contribution in [2.45, 2.75) is 32.4 Å². The van der Waals surface area contributed by atoms with Crippen LogP contribution in [0.5, 0.6) is 0 Å². The molecule has 0 unspecified atom stereocenters.